The van der Waals surface area contributed by atoms with Crippen LogP contribution in [-0.2, 0) is 9.84 Å². The minimum Gasteiger partial charge on any atom is -0.508 e. The Bertz CT molecular complexity index is 614. The van der Waals surface area contributed by atoms with Crippen molar-refractivity contribution in [2.75, 3.05) is 16.4 Å². The van der Waals surface area contributed by atoms with E-state index in [-0.39, 0.29) is 29.3 Å². The maximum Gasteiger partial charge on any atom is 0.174 e. The van der Waals surface area contributed by atoms with E-state index in [1.54, 1.807) is 29.2 Å². The molecule has 0 amide bonds. The van der Waals surface area contributed by atoms with Crippen molar-refractivity contribution < 1.29 is 13.5 Å². The number of nitrogens with zero attached hydrogens (tertiary/aromatic N) is 1. The molecule has 18 heavy (non-hydrogen) atoms. The van der Waals surface area contributed by atoms with Gasteiger partial charge in [-0.05, 0) is 24.4 Å². The van der Waals surface area contributed by atoms with Crippen molar-refractivity contribution in [1.29, 1.82) is 0 Å². The molecule has 2 fully saturated rings. The molecule has 0 saturated carbocycles. The van der Waals surface area contributed by atoms with E-state index in [1.807, 2.05) is 0 Å². The van der Waals surface area contributed by atoms with Crippen molar-refractivity contribution >= 4 is 32.9 Å². The Hall–Kier alpha value is -1.34. The van der Waals surface area contributed by atoms with Gasteiger partial charge in [0.15, 0.2) is 14.9 Å². The Morgan fingerprint density at radius 3 is 2.89 bits per heavy atom. The summed E-state index contributed by atoms with van der Waals surface area (Å²) in [6.07, 6.45) is 0. The number of sulfone groups is 1. The lowest BCUT2D eigenvalue weighted by molar-refractivity contribution is 0.475. The zero-order valence-corrected chi connectivity index (χ0v) is 11.0. The number of fused-ring (bicyclic) bond motifs is 1. The molecule has 0 radical (unpaired) electrons. The second-order valence-electron chi connectivity index (χ2n) is 4.59. The maximum atomic E-state index is 11.6. The Labute approximate surface area is 110 Å². The molecule has 2 aliphatic heterocycles. The monoisotopic (exact) mass is 284 g/mol. The molecule has 0 aliphatic carbocycles. The van der Waals surface area contributed by atoms with Crippen LogP contribution in [0.4, 0.5) is 5.69 Å². The van der Waals surface area contributed by atoms with E-state index >= 15 is 0 Å². The third-order valence-electron chi connectivity index (χ3n) is 3.29. The summed E-state index contributed by atoms with van der Waals surface area (Å²) in [5.41, 5.74) is 0.720. The zero-order valence-electron chi connectivity index (χ0n) is 9.41. The van der Waals surface area contributed by atoms with Gasteiger partial charge in [0.05, 0.1) is 23.6 Å². The predicted molar refractivity (Wildman–Crippen MR) is 72.5 cm³/mol. The quantitative estimate of drug-likeness (QED) is 0.721. The van der Waals surface area contributed by atoms with Crippen molar-refractivity contribution in [1.82, 2.24) is 5.32 Å². The number of phenols is 1. The number of rotatable bonds is 1. The van der Waals surface area contributed by atoms with Crippen LogP contribution in [0.15, 0.2) is 24.3 Å². The first-order valence-electron chi connectivity index (χ1n) is 5.55. The third-order valence-corrected chi connectivity index (χ3v) is 5.32. The summed E-state index contributed by atoms with van der Waals surface area (Å²) in [6.45, 7) is 0. The molecule has 3 rings (SSSR count). The Morgan fingerprint density at radius 2 is 2.17 bits per heavy atom. The standard InChI is InChI=1S/C11H12N2O3S2/c14-8-3-1-2-7(4-8)13-10-6-18(15,16)5-9(10)12-11(13)17/h1-4,9-10,14H,5-6H2,(H,12,17). The van der Waals surface area contributed by atoms with Crippen LogP contribution >= 0.6 is 12.2 Å². The van der Waals surface area contributed by atoms with Gasteiger partial charge in [0, 0.05) is 11.8 Å². The highest BCUT2D eigenvalue weighted by atomic mass is 32.2. The maximum absolute atomic E-state index is 11.6. The molecule has 2 aliphatic rings. The van der Waals surface area contributed by atoms with Gasteiger partial charge in [-0.1, -0.05) is 6.07 Å². The van der Waals surface area contributed by atoms with Crippen LogP contribution in [0, 0.1) is 0 Å². The van der Waals surface area contributed by atoms with Gasteiger partial charge in [0.2, 0.25) is 0 Å². The van der Waals surface area contributed by atoms with Crippen LogP contribution in [0.3, 0.4) is 0 Å². The van der Waals surface area contributed by atoms with Gasteiger partial charge in [-0.15, -0.1) is 0 Å². The van der Waals surface area contributed by atoms with E-state index in [0.717, 1.165) is 5.69 Å². The molecule has 1 aromatic rings. The van der Waals surface area contributed by atoms with E-state index < -0.39 is 9.84 Å². The predicted octanol–water partition coefficient (Wildman–Crippen LogP) is 0.252. The average molecular weight is 284 g/mol. The molecule has 7 heteroatoms. The highest BCUT2D eigenvalue weighted by Crippen LogP contribution is 2.31. The number of nitrogens with one attached hydrogen (secondary N) is 1. The molecule has 0 bridgehead atoms. The average Bonchev–Trinajstić information content (AvgIpc) is 2.68. The minimum atomic E-state index is -3.01. The Balaban J connectivity index is 1.99. The van der Waals surface area contributed by atoms with Gasteiger partial charge in [0.1, 0.15) is 5.75 Å². The number of thiocarbonyl (C=S) groups is 1. The van der Waals surface area contributed by atoms with E-state index in [4.69, 9.17) is 12.2 Å². The van der Waals surface area contributed by atoms with Crippen LogP contribution < -0.4 is 10.2 Å². The van der Waals surface area contributed by atoms with Crippen LogP contribution in [0.1, 0.15) is 0 Å². The summed E-state index contributed by atoms with van der Waals surface area (Å²) in [7, 11) is -3.01. The lowest BCUT2D eigenvalue weighted by atomic mass is 10.1. The molecule has 0 aromatic heterocycles. The lowest BCUT2D eigenvalue weighted by Crippen LogP contribution is -2.36. The SMILES string of the molecule is O=S1(=O)CC2NC(=S)N(c3cccc(O)c3)C2C1. The highest BCUT2D eigenvalue weighted by molar-refractivity contribution is 7.91. The molecule has 2 N–H and O–H groups in total. The van der Waals surface area contributed by atoms with E-state index in [2.05, 4.69) is 5.32 Å². The molecule has 1 aromatic carbocycles. The van der Waals surface area contributed by atoms with Gasteiger partial charge in [-0.2, -0.15) is 0 Å². The Morgan fingerprint density at radius 1 is 1.39 bits per heavy atom. The number of anilines is 1. The topological polar surface area (TPSA) is 69.6 Å². The summed E-state index contributed by atoms with van der Waals surface area (Å²) in [4.78, 5) is 1.78. The van der Waals surface area contributed by atoms with Crippen LogP contribution in [-0.4, -0.2) is 42.2 Å². The second-order valence-corrected chi connectivity index (χ2v) is 7.13. The molecule has 2 atom stereocenters. The zero-order chi connectivity index (χ0) is 12.9. The van der Waals surface area contributed by atoms with Crippen molar-refractivity contribution in [3.05, 3.63) is 24.3 Å². The smallest absolute Gasteiger partial charge is 0.174 e. The van der Waals surface area contributed by atoms with Crippen LogP contribution in [0.2, 0.25) is 0 Å². The van der Waals surface area contributed by atoms with Gasteiger partial charge in [0.25, 0.3) is 0 Å². The fourth-order valence-electron chi connectivity index (χ4n) is 2.55. The number of hydrogen-bond donors (Lipinski definition) is 2. The first-order valence-corrected chi connectivity index (χ1v) is 7.78. The van der Waals surface area contributed by atoms with Crippen LogP contribution in [0.5, 0.6) is 5.75 Å². The largest absolute Gasteiger partial charge is 0.508 e. The molecule has 2 unspecified atom stereocenters. The first kappa shape index (κ1) is 11.7. The van der Waals surface area contributed by atoms with Gasteiger partial charge in [-0.3, -0.25) is 0 Å². The fourth-order valence-corrected chi connectivity index (χ4v) is 4.83. The summed E-state index contributed by atoms with van der Waals surface area (Å²) < 4.78 is 23.3. The Kier molecular flexibility index (Phi) is 2.49. The van der Waals surface area contributed by atoms with Gasteiger partial charge >= 0.3 is 0 Å². The molecule has 96 valence electrons. The second kappa shape index (κ2) is 3.83. The van der Waals surface area contributed by atoms with E-state index in [0.29, 0.717) is 5.11 Å². The fraction of sp³-hybridized carbons (Fsp3) is 0.364. The van der Waals surface area contributed by atoms with Crippen molar-refractivity contribution in [2.24, 2.45) is 0 Å². The van der Waals surface area contributed by atoms with Gasteiger partial charge in [-0.25, -0.2) is 8.42 Å². The van der Waals surface area contributed by atoms with Crippen molar-refractivity contribution in [3.8, 4) is 5.75 Å². The van der Waals surface area contributed by atoms with E-state index in [1.165, 1.54) is 0 Å². The summed E-state index contributed by atoms with van der Waals surface area (Å²) >= 11 is 5.23. The van der Waals surface area contributed by atoms with Crippen LogP contribution in [0.25, 0.3) is 0 Å². The van der Waals surface area contributed by atoms with Crippen molar-refractivity contribution in [2.45, 2.75) is 12.1 Å². The number of hydrogen-bond acceptors (Lipinski definition) is 4. The summed E-state index contributed by atoms with van der Waals surface area (Å²) in [5, 5.41) is 13.0. The first-order chi connectivity index (χ1) is 8.46. The van der Waals surface area contributed by atoms with Gasteiger partial charge < -0.3 is 15.3 Å². The number of phenolic OH excluding ortho intramolecular Hbond substituents is 1. The minimum absolute atomic E-state index is 0.0977. The summed E-state index contributed by atoms with van der Waals surface area (Å²) in [6, 6.07) is 6.35. The molecular weight excluding hydrogens is 272 g/mol. The van der Waals surface area contributed by atoms with Crippen molar-refractivity contribution in [3.63, 3.8) is 0 Å². The summed E-state index contributed by atoms with van der Waals surface area (Å²) in [5.74, 6) is 0.354. The number of benzene rings is 1. The molecule has 2 heterocycles. The number of aromatic hydroxyl groups is 1. The van der Waals surface area contributed by atoms with E-state index in [9.17, 15) is 13.5 Å². The molecule has 2 saturated heterocycles. The highest BCUT2D eigenvalue weighted by Gasteiger charge is 2.47. The third kappa shape index (κ3) is 1.83. The lowest BCUT2D eigenvalue weighted by Gasteiger charge is -2.23. The normalized spacial score (nSPS) is 29.1. The molecule has 5 nitrogen and oxygen atoms in total. The molecular formula is C11H12N2O3S2. The molecule has 0 spiro atoms.